The summed E-state index contributed by atoms with van der Waals surface area (Å²) in [6.45, 7) is 6.13. The van der Waals surface area contributed by atoms with Crippen molar-refractivity contribution in [1.29, 1.82) is 0 Å². The maximum atomic E-state index is 13.3. The first-order valence-corrected chi connectivity index (χ1v) is 10.8. The maximum Gasteiger partial charge on any atom is 0.173 e. The maximum absolute atomic E-state index is 13.3. The molecule has 0 N–H and O–H groups in total. The standard InChI is InChI=1S/C25H32O2/c1-15-11-16(2)23(17(3)12-15)24-22(26)14-20(25(24)27)13-19-9-6-8-18-7-4-5-10-21(18)19/h11-13,18-19,21,24H,4-10,14H2,1-3H3/b20-13+. The van der Waals surface area contributed by atoms with E-state index < -0.39 is 5.92 Å². The second-order valence-electron chi connectivity index (χ2n) is 9.25. The van der Waals surface area contributed by atoms with E-state index in [4.69, 9.17) is 0 Å². The zero-order chi connectivity index (χ0) is 19.1. The van der Waals surface area contributed by atoms with Crippen LogP contribution in [0.5, 0.6) is 0 Å². The van der Waals surface area contributed by atoms with Gasteiger partial charge in [0.05, 0.1) is 0 Å². The fourth-order valence-electron chi connectivity index (χ4n) is 6.24. The van der Waals surface area contributed by atoms with E-state index in [1.807, 2.05) is 13.8 Å². The molecular formula is C25H32O2. The van der Waals surface area contributed by atoms with Crippen molar-refractivity contribution in [3.63, 3.8) is 0 Å². The normalized spacial score (nSPS) is 32.8. The number of rotatable bonds is 2. The van der Waals surface area contributed by atoms with Crippen molar-refractivity contribution in [2.75, 3.05) is 0 Å². The van der Waals surface area contributed by atoms with Gasteiger partial charge >= 0.3 is 0 Å². The zero-order valence-corrected chi connectivity index (χ0v) is 17.0. The molecule has 3 saturated carbocycles. The third-order valence-corrected chi connectivity index (χ3v) is 7.34. The molecule has 0 amide bonds. The number of Topliss-reactive ketones (excluding diaryl/α,β-unsaturated/α-hetero) is 2. The van der Waals surface area contributed by atoms with Crippen molar-refractivity contribution in [3.8, 4) is 0 Å². The van der Waals surface area contributed by atoms with Gasteiger partial charge in [-0.15, -0.1) is 0 Å². The molecule has 0 saturated heterocycles. The Balaban J connectivity index is 1.62. The van der Waals surface area contributed by atoms with E-state index in [9.17, 15) is 9.59 Å². The topological polar surface area (TPSA) is 34.1 Å². The smallest absolute Gasteiger partial charge is 0.173 e. The molecule has 0 spiro atoms. The van der Waals surface area contributed by atoms with Crippen LogP contribution in [0.15, 0.2) is 23.8 Å². The molecular weight excluding hydrogens is 332 g/mol. The van der Waals surface area contributed by atoms with E-state index in [-0.39, 0.29) is 11.6 Å². The Morgan fingerprint density at radius 2 is 1.56 bits per heavy atom. The summed E-state index contributed by atoms with van der Waals surface area (Å²) in [5.74, 6) is 1.70. The minimum absolute atomic E-state index is 0.0768. The van der Waals surface area contributed by atoms with E-state index in [1.54, 1.807) is 0 Å². The Bertz CT molecular complexity index is 776. The monoisotopic (exact) mass is 364 g/mol. The third-order valence-electron chi connectivity index (χ3n) is 7.34. The van der Waals surface area contributed by atoms with Crippen molar-refractivity contribution in [2.24, 2.45) is 17.8 Å². The highest BCUT2D eigenvalue weighted by Gasteiger charge is 2.41. The largest absolute Gasteiger partial charge is 0.298 e. The molecule has 1 aromatic rings. The number of ketones is 2. The van der Waals surface area contributed by atoms with Gasteiger partial charge in [-0.2, -0.15) is 0 Å². The molecule has 0 bridgehead atoms. The molecule has 3 fully saturated rings. The van der Waals surface area contributed by atoms with Crippen molar-refractivity contribution in [1.82, 2.24) is 0 Å². The Morgan fingerprint density at radius 1 is 0.889 bits per heavy atom. The number of hydrogen-bond donors (Lipinski definition) is 0. The van der Waals surface area contributed by atoms with Crippen molar-refractivity contribution < 1.29 is 9.59 Å². The van der Waals surface area contributed by atoms with E-state index in [0.717, 1.165) is 34.1 Å². The van der Waals surface area contributed by atoms with Crippen LogP contribution >= 0.6 is 0 Å². The van der Waals surface area contributed by atoms with Crippen molar-refractivity contribution in [2.45, 2.75) is 78.1 Å². The lowest BCUT2D eigenvalue weighted by molar-refractivity contribution is -0.123. The molecule has 2 nitrogen and oxygen atoms in total. The van der Waals surface area contributed by atoms with Gasteiger partial charge in [0.25, 0.3) is 0 Å². The minimum Gasteiger partial charge on any atom is -0.298 e. The summed E-state index contributed by atoms with van der Waals surface area (Å²) in [4.78, 5) is 26.1. The fraction of sp³-hybridized carbons (Fsp3) is 0.600. The number of carbonyl (C=O) groups excluding carboxylic acids is 2. The van der Waals surface area contributed by atoms with E-state index in [1.165, 1.54) is 50.5 Å². The van der Waals surface area contributed by atoms with E-state index >= 15 is 0 Å². The van der Waals surface area contributed by atoms with Gasteiger partial charge in [-0.05, 0) is 73.6 Å². The summed E-state index contributed by atoms with van der Waals surface area (Å²) in [5, 5.41) is 0. The summed E-state index contributed by atoms with van der Waals surface area (Å²) in [5.41, 5.74) is 5.10. The number of hydrogen-bond acceptors (Lipinski definition) is 2. The number of aryl methyl sites for hydroxylation is 3. The van der Waals surface area contributed by atoms with Crippen molar-refractivity contribution >= 4 is 11.6 Å². The van der Waals surface area contributed by atoms with Gasteiger partial charge < -0.3 is 0 Å². The Kier molecular flexibility index (Phi) is 5.09. The van der Waals surface area contributed by atoms with Crippen LogP contribution in [0.1, 0.15) is 79.5 Å². The highest BCUT2D eigenvalue weighted by atomic mass is 16.2. The van der Waals surface area contributed by atoms with E-state index in [0.29, 0.717) is 12.3 Å². The molecule has 27 heavy (non-hydrogen) atoms. The summed E-state index contributed by atoms with van der Waals surface area (Å²) in [6, 6.07) is 4.19. The first kappa shape index (κ1) is 18.7. The number of allylic oxidation sites excluding steroid dienone is 2. The van der Waals surface area contributed by atoms with Crippen LogP contribution in [0.3, 0.4) is 0 Å². The number of fused-ring (bicyclic) bond motifs is 1. The second kappa shape index (κ2) is 7.37. The summed E-state index contributed by atoms with van der Waals surface area (Å²) in [6.07, 6.45) is 11.8. The first-order chi connectivity index (χ1) is 13.0. The molecule has 0 radical (unpaired) electrons. The van der Waals surface area contributed by atoms with Crippen LogP contribution in [0.2, 0.25) is 0 Å². The quantitative estimate of drug-likeness (QED) is 0.493. The van der Waals surface area contributed by atoms with Gasteiger partial charge in [0.1, 0.15) is 5.92 Å². The lowest BCUT2D eigenvalue weighted by Crippen LogP contribution is -2.30. The molecule has 3 aliphatic rings. The predicted octanol–water partition coefficient (Wildman–Crippen LogP) is 5.77. The Morgan fingerprint density at radius 3 is 2.30 bits per heavy atom. The molecule has 144 valence electrons. The van der Waals surface area contributed by atoms with Crippen LogP contribution in [0, 0.1) is 38.5 Å². The average molecular weight is 365 g/mol. The van der Waals surface area contributed by atoms with Gasteiger partial charge in [0, 0.05) is 6.42 Å². The molecule has 0 aromatic heterocycles. The molecule has 4 unspecified atom stereocenters. The minimum atomic E-state index is -0.567. The lowest BCUT2D eigenvalue weighted by atomic mass is 9.65. The third kappa shape index (κ3) is 3.44. The fourth-order valence-corrected chi connectivity index (χ4v) is 6.24. The lowest BCUT2D eigenvalue weighted by Gasteiger charge is -2.40. The summed E-state index contributed by atoms with van der Waals surface area (Å²) in [7, 11) is 0. The summed E-state index contributed by atoms with van der Waals surface area (Å²) >= 11 is 0. The molecule has 0 aliphatic heterocycles. The SMILES string of the molecule is Cc1cc(C)c(C2C(=O)C/C(=C\C3CCCC4CCCCC34)C2=O)c(C)c1. The predicted molar refractivity (Wildman–Crippen MR) is 109 cm³/mol. The van der Waals surface area contributed by atoms with Gasteiger partial charge in [-0.1, -0.05) is 55.9 Å². The van der Waals surface area contributed by atoms with Crippen LogP contribution in [0.25, 0.3) is 0 Å². The molecule has 4 atom stereocenters. The highest BCUT2D eigenvalue weighted by Crippen LogP contribution is 2.46. The molecule has 1 aromatic carbocycles. The van der Waals surface area contributed by atoms with Gasteiger partial charge in [-0.3, -0.25) is 9.59 Å². The number of carbonyl (C=O) groups is 2. The Labute approximate surface area is 163 Å². The van der Waals surface area contributed by atoms with Crippen LogP contribution in [0.4, 0.5) is 0 Å². The molecule has 4 rings (SSSR count). The number of benzene rings is 1. The van der Waals surface area contributed by atoms with Crippen LogP contribution in [-0.4, -0.2) is 11.6 Å². The summed E-state index contributed by atoms with van der Waals surface area (Å²) < 4.78 is 0. The first-order valence-electron chi connectivity index (χ1n) is 10.8. The molecule has 2 heteroatoms. The van der Waals surface area contributed by atoms with Gasteiger partial charge in [0.15, 0.2) is 11.6 Å². The van der Waals surface area contributed by atoms with Crippen LogP contribution in [-0.2, 0) is 9.59 Å². The van der Waals surface area contributed by atoms with E-state index in [2.05, 4.69) is 25.1 Å². The highest BCUT2D eigenvalue weighted by molar-refractivity contribution is 6.23. The van der Waals surface area contributed by atoms with Crippen LogP contribution < -0.4 is 0 Å². The molecule has 0 heterocycles. The average Bonchev–Trinajstić information content (AvgIpc) is 2.89. The molecule has 3 aliphatic carbocycles. The Hall–Kier alpha value is -1.70. The van der Waals surface area contributed by atoms with Gasteiger partial charge in [0.2, 0.25) is 0 Å². The van der Waals surface area contributed by atoms with Crippen molar-refractivity contribution in [3.05, 3.63) is 46.0 Å². The second-order valence-corrected chi connectivity index (χ2v) is 9.25. The van der Waals surface area contributed by atoms with Gasteiger partial charge in [-0.25, -0.2) is 0 Å². The zero-order valence-electron chi connectivity index (χ0n) is 17.0.